The minimum atomic E-state index is -0.0848. The lowest BCUT2D eigenvalue weighted by molar-refractivity contribution is 0.609. The summed E-state index contributed by atoms with van der Waals surface area (Å²) in [4.78, 5) is 12.7. The summed E-state index contributed by atoms with van der Waals surface area (Å²) in [6.45, 7) is 4.69. The SMILES string of the molecule is CC1(C)c2ccccc2Sc2cccc(-c3ccc(-c4nc(-c5ccccc5)c5ccccc5n4)cc3)c21. The highest BCUT2D eigenvalue weighted by Gasteiger charge is 2.35. The van der Waals surface area contributed by atoms with Crippen LogP contribution < -0.4 is 0 Å². The van der Waals surface area contributed by atoms with Crippen LogP contribution in [0.25, 0.3) is 44.7 Å². The third kappa shape index (κ3) is 3.74. The van der Waals surface area contributed by atoms with Crippen molar-refractivity contribution in [2.24, 2.45) is 0 Å². The van der Waals surface area contributed by atoms with E-state index in [0.29, 0.717) is 0 Å². The average Bonchev–Trinajstić information content (AvgIpc) is 2.97. The second-order valence-electron chi connectivity index (χ2n) is 10.3. The zero-order chi connectivity index (χ0) is 25.7. The zero-order valence-corrected chi connectivity index (χ0v) is 22.2. The van der Waals surface area contributed by atoms with Gasteiger partial charge in [-0.25, -0.2) is 9.97 Å². The summed E-state index contributed by atoms with van der Waals surface area (Å²) in [5.74, 6) is 0.744. The molecule has 0 amide bonds. The molecule has 2 nitrogen and oxygen atoms in total. The van der Waals surface area contributed by atoms with Crippen LogP contribution in [0.3, 0.4) is 0 Å². The maximum absolute atomic E-state index is 5.05. The Kier molecular flexibility index (Phi) is 5.41. The molecule has 0 saturated heterocycles. The number of hydrogen-bond acceptors (Lipinski definition) is 3. The van der Waals surface area contributed by atoms with Gasteiger partial charge >= 0.3 is 0 Å². The standard InChI is InChI=1S/C35H26N2S/c1-35(2)28-15-7-9-17-30(28)38-31-18-10-14-26(32(31)35)23-19-21-25(22-20-23)34-36-29-16-8-6-13-27(29)33(37-34)24-11-4-3-5-12-24/h3-22H,1-2H3. The predicted octanol–water partition coefficient (Wildman–Crippen LogP) is 9.42. The van der Waals surface area contributed by atoms with Crippen molar-refractivity contribution in [3.05, 3.63) is 132 Å². The lowest BCUT2D eigenvalue weighted by Gasteiger charge is -2.36. The molecule has 0 spiro atoms. The molecule has 2 heterocycles. The minimum Gasteiger partial charge on any atom is -0.228 e. The van der Waals surface area contributed by atoms with Crippen molar-refractivity contribution in [1.29, 1.82) is 0 Å². The van der Waals surface area contributed by atoms with E-state index < -0.39 is 0 Å². The normalized spacial score (nSPS) is 13.6. The molecule has 0 bridgehead atoms. The van der Waals surface area contributed by atoms with Gasteiger partial charge in [0.25, 0.3) is 0 Å². The van der Waals surface area contributed by atoms with Gasteiger partial charge in [0.15, 0.2) is 5.82 Å². The molecule has 6 aromatic rings. The molecular weight excluding hydrogens is 480 g/mol. The number of benzene rings is 5. The summed E-state index contributed by atoms with van der Waals surface area (Å²) in [7, 11) is 0. The van der Waals surface area contributed by atoms with Gasteiger partial charge in [0.1, 0.15) is 0 Å². The van der Waals surface area contributed by atoms with Gasteiger partial charge in [-0.05, 0) is 40.5 Å². The fourth-order valence-corrected chi connectivity index (χ4v) is 7.08. The molecule has 0 aliphatic carbocycles. The summed E-state index contributed by atoms with van der Waals surface area (Å²) in [5, 5.41) is 1.06. The molecule has 1 aliphatic rings. The van der Waals surface area contributed by atoms with Crippen LogP contribution in [0, 0.1) is 0 Å². The average molecular weight is 507 g/mol. The van der Waals surface area contributed by atoms with E-state index in [2.05, 4.69) is 117 Å². The zero-order valence-electron chi connectivity index (χ0n) is 21.3. The minimum absolute atomic E-state index is 0.0848. The molecule has 1 aromatic heterocycles. The quantitative estimate of drug-likeness (QED) is 0.239. The van der Waals surface area contributed by atoms with E-state index in [0.717, 1.165) is 33.5 Å². The molecule has 182 valence electrons. The Morgan fingerprint density at radius 3 is 2.08 bits per heavy atom. The van der Waals surface area contributed by atoms with Crippen LogP contribution in [0.2, 0.25) is 0 Å². The number of nitrogens with zero attached hydrogens (tertiary/aromatic N) is 2. The van der Waals surface area contributed by atoms with E-state index in [4.69, 9.17) is 9.97 Å². The van der Waals surface area contributed by atoms with E-state index in [9.17, 15) is 0 Å². The Morgan fingerprint density at radius 2 is 1.24 bits per heavy atom. The Labute approximate surface area is 227 Å². The number of fused-ring (bicyclic) bond motifs is 3. The molecule has 0 atom stereocenters. The first-order chi connectivity index (χ1) is 18.6. The van der Waals surface area contributed by atoms with E-state index in [1.807, 2.05) is 30.0 Å². The number of aromatic nitrogens is 2. The Morgan fingerprint density at radius 1 is 0.553 bits per heavy atom. The molecule has 7 rings (SSSR count). The van der Waals surface area contributed by atoms with Gasteiger partial charge in [-0.2, -0.15) is 0 Å². The van der Waals surface area contributed by atoms with Crippen molar-refractivity contribution in [1.82, 2.24) is 9.97 Å². The van der Waals surface area contributed by atoms with Crippen LogP contribution in [0.15, 0.2) is 131 Å². The lowest BCUT2D eigenvalue weighted by atomic mass is 9.74. The second kappa shape index (κ2) is 8.97. The maximum atomic E-state index is 5.05. The van der Waals surface area contributed by atoms with E-state index in [1.165, 1.54) is 32.0 Å². The van der Waals surface area contributed by atoms with E-state index in [-0.39, 0.29) is 5.41 Å². The highest BCUT2D eigenvalue weighted by molar-refractivity contribution is 7.99. The molecule has 1 aliphatic heterocycles. The molecule has 0 radical (unpaired) electrons. The van der Waals surface area contributed by atoms with Crippen molar-refractivity contribution in [3.63, 3.8) is 0 Å². The molecule has 0 fully saturated rings. The van der Waals surface area contributed by atoms with Crippen molar-refractivity contribution in [2.45, 2.75) is 29.1 Å². The first-order valence-corrected chi connectivity index (χ1v) is 13.7. The third-order valence-electron chi connectivity index (χ3n) is 7.54. The molecule has 0 saturated carbocycles. The highest BCUT2D eigenvalue weighted by atomic mass is 32.2. The van der Waals surface area contributed by atoms with Crippen LogP contribution in [0.5, 0.6) is 0 Å². The summed E-state index contributed by atoms with van der Waals surface area (Å²) in [6.07, 6.45) is 0. The first-order valence-electron chi connectivity index (χ1n) is 12.9. The van der Waals surface area contributed by atoms with Crippen LogP contribution in [0.1, 0.15) is 25.0 Å². The smallest absolute Gasteiger partial charge is 0.160 e. The number of rotatable bonds is 3. The van der Waals surface area contributed by atoms with Crippen molar-refractivity contribution in [2.75, 3.05) is 0 Å². The molecule has 3 heteroatoms. The van der Waals surface area contributed by atoms with Crippen molar-refractivity contribution < 1.29 is 0 Å². The van der Waals surface area contributed by atoms with Crippen LogP contribution in [-0.2, 0) is 5.41 Å². The van der Waals surface area contributed by atoms with Crippen molar-refractivity contribution in [3.8, 4) is 33.8 Å². The third-order valence-corrected chi connectivity index (χ3v) is 8.67. The monoisotopic (exact) mass is 506 g/mol. The summed E-state index contributed by atoms with van der Waals surface area (Å²) >= 11 is 1.87. The van der Waals surface area contributed by atoms with Gasteiger partial charge in [0.05, 0.1) is 11.2 Å². The lowest BCUT2D eigenvalue weighted by Crippen LogP contribution is -2.24. The van der Waals surface area contributed by atoms with Gasteiger partial charge in [0.2, 0.25) is 0 Å². The topological polar surface area (TPSA) is 25.8 Å². The number of hydrogen-bond donors (Lipinski definition) is 0. The Hall–Kier alpha value is -4.21. The predicted molar refractivity (Wildman–Crippen MR) is 159 cm³/mol. The van der Waals surface area contributed by atoms with E-state index >= 15 is 0 Å². The highest BCUT2D eigenvalue weighted by Crippen LogP contribution is 2.52. The Bertz CT molecular complexity index is 1800. The molecule has 0 unspecified atom stereocenters. The van der Waals surface area contributed by atoms with Crippen LogP contribution >= 0.6 is 11.8 Å². The molecular formula is C35H26N2S. The van der Waals surface area contributed by atoms with Crippen LogP contribution in [0.4, 0.5) is 0 Å². The largest absolute Gasteiger partial charge is 0.228 e. The van der Waals surface area contributed by atoms with Gasteiger partial charge in [-0.15, -0.1) is 0 Å². The van der Waals surface area contributed by atoms with E-state index in [1.54, 1.807) is 0 Å². The Balaban J connectivity index is 1.32. The fraction of sp³-hybridized carbons (Fsp3) is 0.0857. The van der Waals surface area contributed by atoms with Gasteiger partial charge in [0, 0.05) is 31.7 Å². The summed E-state index contributed by atoms with van der Waals surface area (Å²) < 4.78 is 0. The molecule has 0 N–H and O–H groups in total. The summed E-state index contributed by atoms with van der Waals surface area (Å²) in [5.41, 5.74) is 9.22. The van der Waals surface area contributed by atoms with Gasteiger partial charge in [-0.1, -0.05) is 129 Å². The van der Waals surface area contributed by atoms with Gasteiger partial charge < -0.3 is 0 Å². The van der Waals surface area contributed by atoms with Crippen molar-refractivity contribution >= 4 is 22.7 Å². The molecule has 5 aromatic carbocycles. The fourth-order valence-electron chi connectivity index (χ4n) is 5.65. The van der Waals surface area contributed by atoms with Crippen LogP contribution in [-0.4, -0.2) is 9.97 Å². The van der Waals surface area contributed by atoms with Gasteiger partial charge in [-0.3, -0.25) is 0 Å². The summed E-state index contributed by atoms with van der Waals surface area (Å²) in [6, 6.07) is 42.8. The second-order valence-corrected chi connectivity index (χ2v) is 11.3. The molecule has 38 heavy (non-hydrogen) atoms. The maximum Gasteiger partial charge on any atom is 0.160 e. The number of para-hydroxylation sites is 1. The first kappa shape index (κ1) is 22.9.